The van der Waals surface area contributed by atoms with E-state index in [0.29, 0.717) is 3.57 Å². The number of rotatable bonds is 5. The van der Waals surface area contributed by atoms with Crippen LogP contribution in [0.3, 0.4) is 0 Å². The van der Waals surface area contributed by atoms with Crippen LogP contribution in [0, 0.1) is 3.57 Å². The summed E-state index contributed by atoms with van der Waals surface area (Å²) >= 11 is 19.6. The molecule has 1 aromatic rings. The number of hydrogen-bond donors (Lipinski definition) is 1. The number of aliphatic carboxylic acids is 1. The minimum Gasteiger partial charge on any atom is -0.480 e. The molecule has 124 valence electrons. The van der Waals surface area contributed by atoms with E-state index >= 15 is 0 Å². The lowest BCUT2D eigenvalue weighted by molar-refractivity contribution is -0.139. The van der Waals surface area contributed by atoms with Crippen LogP contribution in [0.1, 0.15) is 0 Å². The van der Waals surface area contributed by atoms with Crippen LogP contribution in [-0.4, -0.2) is 25.1 Å². The van der Waals surface area contributed by atoms with Gasteiger partial charge in [0.1, 0.15) is 5.75 Å². The fraction of sp³-hybridized carbons (Fsp3) is 0.300. The molecule has 0 spiro atoms. The zero-order chi connectivity index (χ0) is 17.3. The summed E-state index contributed by atoms with van der Waals surface area (Å²) in [5.41, 5.74) is 0. The molecule has 0 aliphatic rings. The zero-order valence-corrected chi connectivity index (χ0v) is 20.1. The van der Waals surface area contributed by atoms with Crippen LogP contribution in [0.15, 0.2) is 15.4 Å². The molecule has 22 heavy (non-hydrogen) atoms. The number of carbonyl (C=O) groups is 1. The molecule has 0 radical (unpaired) electrons. The van der Waals surface area contributed by atoms with Crippen LogP contribution in [0.5, 0.6) is 5.75 Å². The molecular formula is C10H4Br4ClF2IO3S. The number of carboxylic acids is 1. The van der Waals surface area contributed by atoms with Gasteiger partial charge in [-0.15, -0.1) is 0 Å². The average molecular weight is 724 g/mol. The number of alkyl halides is 5. The maximum Gasteiger partial charge on any atom is 0.341 e. The highest BCUT2D eigenvalue weighted by molar-refractivity contribution is 14.1. The Morgan fingerprint density at radius 2 is 2.00 bits per heavy atom. The second-order valence-corrected chi connectivity index (χ2v) is 13.9. The van der Waals surface area contributed by atoms with E-state index in [1.807, 2.05) is 22.6 Å². The van der Waals surface area contributed by atoms with Crippen molar-refractivity contribution in [1.29, 1.82) is 0 Å². The summed E-state index contributed by atoms with van der Waals surface area (Å²) in [6, 6.07) is 1.42. The molecule has 0 aromatic heterocycles. The van der Waals surface area contributed by atoms with Crippen LogP contribution in [-0.2, 0) is 4.79 Å². The Hall–Kier alpha value is 1.64. The Bertz CT molecular complexity index is 601. The normalized spacial score (nSPS) is 12.4. The number of benzene rings is 1. The summed E-state index contributed by atoms with van der Waals surface area (Å²) in [6.45, 7) is -0.601. The summed E-state index contributed by atoms with van der Waals surface area (Å²) in [7, 11) is 0. The Kier molecular flexibility index (Phi) is 8.23. The largest absolute Gasteiger partial charge is 0.480 e. The molecule has 0 bridgehead atoms. The van der Waals surface area contributed by atoms with Crippen LogP contribution in [0.25, 0.3) is 0 Å². The number of ether oxygens (including phenoxy) is 1. The third-order valence-corrected chi connectivity index (χ3v) is 7.69. The first kappa shape index (κ1) is 21.7. The van der Waals surface area contributed by atoms with Crippen molar-refractivity contribution in [3.8, 4) is 5.75 Å². The molecule has 0 fully saturated rings. The van der Waals surface area contributed by atoms with Crippen molar-refractivity contribution in [1.82, 2.24) is 0 Å². The van der Waals surface area contributed by atoms with Crippen molar-refractivity contribution >= 4 is 116 Å². The van der Waals surface area contributed by atoms with Gasteiger partial charge in [0.05, 0.1) is 13.1 Å². The smallest absolute Gasteiger partial charge is 0.341 e. The lowest BCUT2D eigenvalue weighted by Gasteiger charge is -2.25. The molecule has 1 rings (SSSR count). The van der Waals surface area contributed by atoms with Crippen LogP contribution in [0.2, 0.25) is 5.02 Å². The van der Waals surface area contributed by atoms with Crippen LogP contribution < -0.4 is 4.74 Å². The molecule has 0 amide bonds. The first-order valence-corrected chi connectivity index (χ1v) is 10.5. The molecule has 0 aliphatic heterocycles. The van der Waals surface area contributed by atoms with Crippen molar-refractivity contribution in [2.45, 2.75) is 12.3 Å². The standard InChI is InChI=1S/C10H4Br4ClF2IO3S/c11-6-7(21-2-5(19)20)4(18)1-3(15)8(6)22-10(16,17)9(12,13)14/h1H,2H2,(H,19,20). The molecule has 1 aromatic carbocycles. The molecule has 0 heterocycles. The Balaban J connectivity index is 3.26. The zero-order valence-electron chi connectivity index (χ0n) is 9.98. The maximum absolute atomic E-state index is 14.1. The van der Waals surface area contributed by atoms with Gasteiger partial charge < -0.3 is 9.84 Å². The summed E-state index contributed by atoms with van der Waals surface area (Å²) in [5, 5.41) is 5.42. The summed E-state index contributed by atoms with van der Waals surface area (Å²) < 4.78 is 32.2. The highest BCUT2D eigenvalue weighted by Crippen LogP contribution is 2.58. The maximum atomic E-state index is 14.1. The van der Waals surface area contributed by atoms with Crippen molar-refractivity contribution < 1.29 is 23.4 Å². The Morgan fingerprint density at radius 1 is 1.45 bits per heavy atom. The quantitative estimate of drug-likeness (QED) is 0.209. The molecule has 12 heteroatoms. The van der Waals surface area contributed by atoms with Crippen molar-refractivity contribution in [2.24, 2.45) is 0 Å². The van der Waals surface area contributed by atoms with Gasteiger partial charge >= 0.3 is 11.2 Å². The molecule has 3 nitrogen and oxygen atoms in total. The van der Waals surface area contributed by atoms with E-state index in [2.05, 4.69) is 63.7 Å². The van der Waals surface area contributed by atoms with Gasteiger partial charge in [-0.1, -0.05) is 59.4 Å². The molecule has 1 N–H and O–H groups in total. The minimum absolute atomic E-state index is 0.0233. The van der Waals surface area contributed by atoms with Gasteiger partial charge in [0, 0.05) is 4.90 Å². The second-order valence-electron chi connectivity index (χ2n) is 3.61. The van der Waals surface area contributed by atoms with Crippen LogP contribution in [0.4, 0.5) is 8.78 Å². The van der Waals surface area contributed by atoms with Gasteiger partial charge in [-0.3, -0.25) is 0 Å². The Morgan fingerprint density at radius 3 is 2.45 bits per heavy atom. The highest BCUT2D eigenvalue weighted by atomic mass is 127. The fourth-order valence-electron chi connectivity index (χ4n) is 1.10. The van der Waals surface area contributed by atoms with Crippen LogP contribution >= 0.6 is 110 Å². The number of carboxylic acid groups (broad SMARTS) is 1. The van der Waals surface area contributed by atoms with Crippen molar-refractivity contribution in [3.63, 3.8) is 0 Å². The second kappa shape index (κ2) is 8.35. The predicted octanol–water partition coefficient (Wildman–Crippen LogP) is 6.69. The lowest BCUT2D eigenvalue weighted by atomic mass is 10.3. The van der Waals surface area contributed by atoms with E-state index in [-0.39, 0.29) is 31.9 Å². The average Bonchev–Trinajstić information content (AvgIpc) is 2.32. The van der Waals surface area contributed by atoms with E-state index in [0.717, 1.165) is 0 Å². The topological polar surface area (TPSA) is 46.5 Å². The number of thioether (sulfide) groups is 1. The predicted molar refractivity (Wildman–Crippen MR) is 105 cm³/mol. The Labute approximate surface area is 180 Å². The first-order chi connectivity index (χ1) is 9.86. The third kappa shape index (κ3) is 5.58. The number of hydrogen-bond acceptors (Lipinski definition) is 3. The monoisotopic (exact) mass is 720 g/mol. The van der Waals surface area contributed by atoms with E-state index in [1.165, 1.54) is 6.07 Å². The lowest BCUT2D eigenvalue weighted by Crippen LogP contribution is -2.28. The molecule has 0 unspecified atom stereocenters. The van der Waals surface area contributed by atoms with Gasteiger partial charge in [0.15, 0.2) is 6.61 Å². The summed E-state index contributed by atoms with van der Waals surface area (Å²) in [4.78, 5) is 10.6. The molecular weight excluding hydrogens is 720 g/mol. The molecule has 0 saturated heterocycles. The first-order valence-electron chi connectivity index (χ1n) is 5.02. The van der Waals surface area contributed by atoms with Crippen molar-refractivity contribution in [3.05, 3.63) is 19.1 Å². The van der Waals surface area contributed by atoms with Crippen molar-refractivity contribution in [2.75, 3.05) is 6.61 Å². The van der Waals surface area contributed by atoms with Gasteiger partial charge in [-0.2, -0.15) is 8.78 Å². The summed E-state index contributed by atoms with van der Waals surface area (Å²) in [6.07, 6.45) is 0. The minimum atomic E-state index is -3.32. The molecule has 0 aliphatic carbocycles. The van der Waals surface area contributed by atoms with Gasteiger partial charge in [0.2, 0.25) is 2.14 Å². The molecule has 0 atom stereocenters. The van der Waals surface area contributed by atoms with Gasteiger partial charge in [-0.25, -0.2) is 4.79 Å². The van der Waals surface area contributed by atoms with E-state index < -0.39 is 20.0 Å². The number of halogens is 8. The van der Waals surface area contributed by atoms with E-state index in [9.17, 15) is 13.6 Å². The molecule has 0 saturated carbocycles. The van der Waals surface area contributed by atoms with Gasteiger partial charge in [-0.05, 0) is 56.3 Å². The summed E-state index contributed by atoms with van der Waals surface area (Å²) in [5.74, 6) is -1.05. The SMILES string of the molecule is O=C(O)COc1c(I)cc(Cl)c(SC(F)(F)C(Br)(Br)Br)c1Br. The highest BCUT2D eigenvalue weighted by Gasteiger charge is 2.50. The van der Waals surface area contributed by atoms with E-state index in [4.69, 9.17) is 21.4 Å². The van der Waals surface area contributed by atoms with E-state index in [1.54, 1.807) is 0 Å². The fourth-order valence-corrected chi connectivity index (χ4v) is 5.05. The van der Waals surface area contributed by atoms with Gasteiger partial charge in [0.25, 0.3) is 0 Å². The third-order valence-electron chi connectivity index (χ3n) is 1.99.